The van der Waals surface area contributed by atoms with Gasteiger partial charge in [-0.1, -0.05) is 6.92 Å². The Hall–Kier alpha value is -1.37. The lowest BCUT2D eigenvalue weighted by molar-refractivity contribution is 0.0943. The summed E-state index contributed by atoms with van der Waals surface area (Å²) >= 11 is 0. The number of aryl methyl sites for hydroxylation is 2. The Bertz CT molecular complexity index is 484. The minimum absolute atomic E-state index is 0.0652. The molecule has 6 nitrogen and oxygen atoms in total. The fourth-order valence-corrected chi connectivity index (χ4v) is 2.15. The SMILES string of the molecule is CCn1nc(C)c(N)c1C(=O)NCCC(C)S(C)=O. The molecular formula is C12H22N4O2S. The zero-order valence-electron chi connectivity index (χ0n) is 11.9. The van der Waals surface area contributed by atoms with Crippen LogP contribution in [0.2, 0.25) is 0 Å². The summed E-state index contributed by atoms with van der Waals surface area (Å²) in [6.45, 7) is 6.66. The molecule has 3 N–H and O–H groups in total. The molecule has 1 rings (SSSR count). The molecule has 0 aliphatic heterocycles. The number of carbonyl (C=O) groups is 1. The van der Waals surface area contributed by atoms with Gasteiger partial charge in [0.1, 0.15) is 5.69 Å². The number of carbonyl (C=O) groups excluding carboxylic acids is 1. The van der Waals surface area contributed by atoms with Gasteiger partial charge in [-0.05, 0) is 20.3 Å². The molecule has 0 aromatic carbocycles. The number of hydrogen-bond acceptors (Lipinski definition) is 4. The van der Waals surface area contributed by atoms with Gasteiger partial charge < -0.3 is 11.1 Å². The predicted molar refractivity (Wildman–Crippen MR) is 77.5 cm³/mol. The maximum absolute atomic E-state index is 12.1. The standard InChI is InChI=1S/C12H22N4O2S/c1-5-16-11(10(13)9(3)15-16)12(17)14-7-6-8(2)19(4)18/h8H,5-7,13H2,1-4H3,(H,14,17). The molecule has 1 heterocycles. The molecule has 0 spiro atoms. The lowest BCUT2D eigenvalue weighted by Gasteiger charge is -2.10. The van der Waals surface area contributed by atoms with Gasteiger partial charge in [-0.15, -0.1) is 0 Å². The first-order valence-corrected chi connectivity index (χ1v) is 7.93. The van der Waals surface area contributed by atoms with E-state index in [1.165, 1.54) is 0 Å². The molecule has 2 atom stereocenters. The van der Waals surface area contributed by atoms with Crippen molar-refractivity contribution in [3.63, 3.8) is 0 Å². The van der Waals surface area contributed by atoms with Crippen LogP contribution in [0.3, 0.4) is 0 Å². The van der Waals surface area contributed by atoms with Gasteiger partial charge in [0, 0.05) is 35.4 Å². The number of nitrogens with zero attached hydrogens (tertiary/aromatic N) is 2. The fraction of sp³-hybridized carbons (Fsp3) is 0.667. The lowest BCUT2D eigenvalue weighted by Crippen LogP contribution is -2.30. The van der Waals surface area contributed by atoms with Crippen molar-refractivity contribution in [1.29, 1.82) is 0 Å². The third-order valence-electron chi connectivity index (χ3n) is 3.09. The van der Waals surface area contributed by atoms with Crippen LogP contribution < -0.4 is 11.1 Å². The monoisotopic (exact) mass is 286 g/mol. The Kier molecular flexibility index (Phi) is 5.53. The zero-order chi connectivity index (χ0) is 14.6. The Morgan fingerprint density at radius 1 is 1.58 bits per heavy atom. The van der Waals surface area contributed by atoms with Crippen LogP contribution in [0.5, 0.6) is 0 Å². The van der Waals surface area contributed by atoms with Gasteiger partial charge in [0.05, 0.1) is 11.4 Å². The van der Waals surface area contributed by atoms with Crippen LogP contribution in [0, 0.1) is 6.92 Å². The number of hydrogen-bond donors (Lipinski definition) is 2. The minimum atomic E-state index is -0.869. The number of amides is 1. The Labute approximate surface area is 116 Å². The highest BCUT2D eigenvalue weighted by Gasteiger charge is 2.18. The first-order valence-electron chi connectivity index (χ1n) is 6.31. The molecule has 7 heteroatoms. The van der Waals surface area contributed by atoms with Crippen LogP contribution in [0.1, 0.15) is 36.5 Å². The molecule has 0 saturated carbocycles. The summed E-state index contributed by atoms with van der Waals surface area (Å²) in [6, 6.07) is 0. The van der Waals surface area contributed by atoms with Crippen molar-refractivity contribution >= 4 is 22.4 Å². The van der Waals surface area contributed by atoms with Crippen molar-refractivity contribution in [3.8, 4) is 0 Å². The van der Waals surface area contributed by atoms with E-state index in [9.17, 15) is 9.00 Å². The van der Waals surface area contributed by atoms with Crippen molar-refractivity contribution in [2.24, 2.45) is 0 Å². The van der Waals surface area contributed by atoms with E-state index in [0.717, 1.165) is 0 Å². The van der Waals surface area contributed by atoms with E-state index in [-0.39, 0.29) is 11.2 Å². The largest absolute Gasteiger partial charge is 0.395 e. The molecule has 0 bridgehead atoms. The number of nitrogen functional groups attached to an aromatic ring is 1. The second kappa shape index (κ2) is 6.70. The van der Waals surface area contributed by atoms with E-state index in [2.05, 4.69) is 10.4 Å². The summed E-state index contributed by atoms with van der Waals surface area (Å²) in [5.74, 6) is -0.228. The number of nitrogens with one attached hydrogen (secondary N) is 1. The van der Waals surface area contributed by atoms with Gasteiger partial charge in [-0.2, -0.15) is 5.10 Å². The molecule has 19 heavy (non-hydrogen) atoms. The number of rotatable bonds is 6. The zero-order valence-corrected chi connectivity index (χ0v) is 12.7. The van der Waals surface area contributed by atoms with Crippen LogP contribution in [0.25, 0.3) is 0 Å². The summed E-state index contributed by atoms with van der Waals surface area (Å²) in [5, 5.41) is 7.07. The van der Waals surface area contributed by atoms with E-state index in [1.807, 2.05) is 13.8 Å². The van der Waals surface area contributed by atoms with Crippen LogP contribution in [0.4, 0.5) is 5.69 Å². The van der Waals surface area contributed by atoms with E-state index < -0.39 is 10.8 Å². The average Bonchev–Trinajstić information content (AvgIpc) is 2.64. The maximum atomic E-state index is 12.1. The Morgan fingerprint density at radius 2 is 2.21 bits per heavy atom. The van der Waals surface area contributed by atoms with Crippen molar-refractivity contribution < 1.29 is 9.00 Å². The van der Waals surface area contributed by atoms with Crippen LogP contribution in [-0.4, -0.2) is 37.9 Å². The second-order valence-electron chi connectivity index (χ2n) is 4.52. The van der Waals surface area contributed by atoms with Gasteiger partial charge in [0.15, 0.2) is 0 Å². The maximum Gasteiger partial charge on any atom is 0.271 e. The second-order valence-corrected chi connectivity index (χ2v) is 6.32. The fourth-order valence-electron chi connectivity index (χ4n) is 1.70. The van der Waals surface area contributed by atoms with Gasteiger partial charge in [0.2, 0.25) is 0 Å². The first-order chi connectivity index (χ1) is 8.88. The highest BCUT2D eigenvalue weighted by molar-refractivity contribution is 7.84. The molecule has 0 fully saturated rings. The van der Waals surface area contributed by atoms with Crippen LogP contribution in [-0.2, 0) is 17.3 Å². The molecular weight excluding hydrogens is 264 g/mol. The number of nitrogens with two attached hydrogens (primary N) is 1. The molecule has 1 aromatic heterocycles. The molecule has 0 saturated heterocycles. The number of anilines is 1. The van der Waals surface area contributed by atoms with Crippen LogP contribution >= 0.6 is 0 Å². The molecule has 108 valence electrons. The van der Waals surface area contributed by atoms with Gasteiger partial charge in [-0.25, -0.2) is 0 Å². The molecule has 0 aliphatic rings. The predicted octanol–water partition coefficient (Wildman–Crippen LogP) is 0.681. The van der Waals surface area contributed by atoms with Crippen LogP contribution in [0.15, 0.2) is 0 Å². The van der Waals surface area contributed by atoms with Gasteiger partial charge in [0.25, 0.3) is 5.91 Å². The highest BCUT2D eigenvalue weighted by atomic mass is 32.2. The molecule has 1 aromatic rings. The van der Waals surface area contributed by atoms with Crippen molar-refractivity contribution in [3.05, 3.63) is 11.4 Å². The van der Waals surface area contributed by atoms with Gasteiger partial charge >= 0.3 is 0 Å². The molecule has 0 radical (unpaired) electrons. The molecule has 1 amide bonds. The summed E-state index contributed by atoms with van der Waals surface area (Å²) < 4.78 is 12.8. The summed E-state index contributed by atoms with van der Waals surface area (Å²) in [5.41, 5.74) is 7.36. The average molecular weight is 286 g/mol. The van der Waals surface area contributed by atoms with E-state index in [1.54, 1.807) is 17.9 Å². The Morgan fingerprint density at radius 3 is 2.74 bits per heavy atom. The van der Waals surface area contributed by atoms with Crippen molar-refractivity contribution in [1.82, 2.24) is 15.1 Å². The first kappa shape index (κ1) is 15.7. The lowest BCUT2D eigenvalue weighted by atomic mass is 10.2. The number of aromatic nitrogens is 2. The van der Waals surface area contributed by atoms with Crippen molar-refractivity contribution in [2.45, 2.75) is 39.0 Å². The quantitative estimate of drug-likeness (QED) is 0.804. The normalized spacial score (nSPS) is 14.1. The smallest absolute Gasteiger partial charge is 0.271 e. The van der Waals surface area contributed by atoms with E-state index >= 15 is 0 Å². The van der Waals surface area contributed by atoms with E-state index in [4.69, 9.17) is 5.73 Å². The summed E-state index contributed by atoms with van der Waals surface area (Å²) in [4.78, 5) is 12.1. The highest BCUT2D eigenvalue weighted by Crippen LogP contribution is 2.16. The third kappa shape index (κ3) is 3.79. The Balaban J connectivity index is 2.66. The summed E-state index contributed by atoms with van der Waals surface area (Å²) in [7, 11) is -0.869. The van der Waals surface area contributed by atoms with E-state index in [0.29, 0.717) is 36.6 Å². The minimum Gasteiger partial charge on any atom is -0.395 e. The summed E-state index contributed by atoms with van der Waals surface area (Å²) in [6.07, 6.45) is 2.34. The van der Waals surface area contributed by atoms with Crippen molar-refractivity contribution in [2.75, 3.05) is 18.5 Å². The topological polar surface area (TPSA) is 90.0 Å². The molecule has 2 unspecified atom stereocenters. The van der Waals surface area contributed by atoms with Gasteiger partial charge in [-0.3, -0.25) is 13.7 Å². The molecule has 0 aliphatic carbocycles. The third-order valence-corrected chi connectivity index (χ3v) is 4.46.